The number of nitrogens with one attached hydrogen (secondary N) is 2. The Morgan fingerprint density at radius 2 is 1.86 bits per heavy atom. The number of amides is 2. The maximum atomic E-state index is 12.6. The van der Waals surface area contributed by atoms with Crippen LogP contribution in [-0.2, 0) is 4.79 Å². The van der Waals surface area contributed by atoms with Crippen LogP contribution in [0.15, 0.2) is 39.5 Å². The van der Waals surface area contributed by atoms with Crippen LogP contribution in [0.25, 0.3) is 11.0 Å². The summed E-state index contributed by atoms with van der Waals surface area (Å²) < 4.78 is 5.56. The van der Waals surface area contributed by atoms with E-state index in [1.54, 1.807) is 24.3 Å². The first-order chi connectivity index (χ1) is 13.5. The summed E-state index contributed by atoms with van der Waals surface area (Å²) in [6, 6.07) is 7.58. The van der Waals surface area contributed by atoms with Crippen molar-refractivity contribution in [2.24, 2.45) is 5.92 Å². The summed E-state index contributed by atoms with van der Waals surface area (Å²) in [5.74, 6) is -0.908. The van der Waals surface area contributed by atoms with Gasteiger partial charge < -0.3 is 20.2 Å². The van der Waals surface area contributed by atoms with Crippen LogP contribution in [0.3, 0.4) is 0 Å². The fourth-order valence-corrected chi connectivity index (χ4v) is 3.87. The van der Waals surface area contributed by atoms with E-state index in [4.69, 9.17) is 4.42 Å². The monoisotopic (exact) mass is 384 g/mol. The van der Waals surface area contributed by atoms with E-state index in [9.17, 15) is 19.5 Å². The first-order valence-electron chi connectivity index (χ1n) is 9.83. The summed E-state index contributed by atoms with van der Waals surface area (Å²) in [5, 5.41) is 16.5. The number of aliphatic hydroxyl groups excluding tert-OH is 1. The maximum Gasteiger partial charge on any atom is 0.287 e. The van der Waals surface area contributed by atoms with Crippen LogP contribution in [-0.4, -0.2) is 35.1 Å². The molecule has 2 aliphatic rings. The van der Waals surface area contributed by atoms with Crippen LogP contribution in [0.1, 0.15) is 49.1 Å². The molecule has 4 rings (SSSR count). The normalized spacial score (nSPS) is 25.1. The fraction of sp³-hybridized carbons (Fsp3) is 0.476. The van der Waals surface area contributed by atoms with Crippen LogP contribution < -0.4 is 16.1 Å². The molecule has 1 aromatic heterocycles. The quantitative estimate of drug-likeness (QED) is 0.744. The molecule has 0 spiro atoms. The second-order valence-electron chi connectivity index (χ2n) is 7.76. The van der Waals surface area contributed by atoms with E-state index in [1.165, 1.54) is 0 Å². The van der Waals surface area contributed by atoms with Crippen LogP contribution in [0.5, 0.6) is 0 Å². The summed E-state index contributed by atoms with van der Waals surface area (Å²) in [6.07, 6.45) is 3.84. The number of aliphatic hydroxyl groups is 1. The van der Waals surface area contributed by atoms with E-state index in [0.717, 1.165) is 25.3 Å². The van der Waals surface area contributed by atoms with Crippen molar-refractivity contribution < 1.29 is 19.1 Å². The first kappa shape index (κ1) is 18.7. The highest BCUT2D eigenvalue weighted by Gasteiger charge is 2.35. The lowest BCUT2D eigenvalue weighted by atomic mass is 9.82. The molecule has 2 aromatic rings. The molecule has 1 heterocycles. The molecule has 0 unspecified atom stereocenters. The van der Waals surface area contributed by atoms with E-state index in [2.05, 4.69) is 10.6 Å². The zero-order valence-electron chi connectivity index (χ0n) is 15.5. The van der Waals surface area contributed by atoms with E-state index in [-0.39, 0.29) is 29.1 Å². The Kier molecular flexibility index (Phi) is 5.17. The van der Waals surface area contributed by atoms with Crippen molar-refractivity contribution in [2.45, 2.75) is 56.7 Å². The fourth-order valence-electron chi connectivity index (χ4n) is 3.87. The summed E-state index contributed by atoms with van der Waals surface area (Å²) in [7, 11) is 0. The molecular formula is C21H24N2O5. The zero-order valence-corrected chi connectivity index (χ0v) is 15.5. The average molecular weight is 384 g/mol. The van der Waals surface area contributed by atoms with Gasteiger partial charge >= 0.3 is 0 Å². The molecule has 2 amide bonds. The highest BCUT2D eigenvalue weighted by atomic mass is 16.3. The lowest BCUT2D eigenvalue weighted by Gasteiger charge is -2.35. The molecule has 1 aromatic carbocycles. The smallest absolute Gasteiger partial charge is 0.287 e. The summed E-state index contributed by atoms with van der Waals surface area (Å²) in [6.45, 7) is 0. The van der Waals surface area contributed by atoms with Gasteiger partial charge in [0.15, 0.2) is 11.2 Å². The molecule has 2 fully saturated rings. The van der Waals surface area contributed by atoms with Crippen molar-refractivity contribution in [1.29, 1.82) is 0 Å². The molecule has 7 heteroatoms. The highest BCUT2D eigenvalue weighted by molar-refractivity contribution is 5.93. The summed E-state index contributed by atoms with van der Waals surface area (Å²) in [4.78, 5) is 37.2. The van der Waals surface area contributed by atoms with Gasteiger partial charge in [-0.2, -0.15) is 0 Å². The van der Waals surface area contributed by atoms with Gasteiger partial charge in [-0.25, -0.2) is 0 Å². The minimum absolute atomic E-state index is 0.00640. The molecule has 0 aliphatic heterocycles. The molecule has 7 nitrogen and oxygen atoms in total. The third kappa shape index (κ3) is 3.80. The number of hydrogen-bond donors (Lipinski definition) is 3. The maximum absolute atomic E-state index is 12.6. The molecule has 28 heavy (non-hydrogen) atoms. The predicted octanol–water partition coefficient (Wildman–Crippen LogP) is 1.72. The van der Waals surface area contributed by atoms with Crippen molar-refractivity contribution in [3.8, 4) is 0 Å². The number of para-hydroxylation sites is 1. The molecule has 3 atom stereocenters. The Morgan fingerprint density at radius 1 is 1.07 bits per heavy atom. The Balaban J connectivity index is 1.45. The van der Waals surface area contributed by atoms with Gasteiger partial charge in [0.2, 0.25) is 5.91 Å². The standard InChI is InChI=1S/C21H24N2O5/c24-16-9-8-12(20(26)22-13-4-3-5-13)10-15(16)23-21(27)19-11-17(25)14-6-1-2-7-18(14)28-19/h1-2,6-7,11-13,15-16,24H,3-5,8-10H2,(H,22,26)(H,23,27)/t12-,15+,16+/m0/s1. The lowest BCUT2D eigenvalue weighted by molar-refractivity contribution is -0.128. The third-order valence-corrected chi connectivity index (χ3v) is 5.81. The molecular weight excluding hydrogens is 360 g/mol. The first-order valence-corrected chi connectivity index (χ1v) is 9.83. The van der Waals surface area contributed by atoms with Gasteiger partial charge in [-0.05, 0) is 50.7 Å². The van der Waals surface area contributed by atoms with Gasteiger partial charge in [0.1, 0.15) is 5.58 Å². The van der Waals surface area contributed by atoms with Crippen LogP contribution in [0.4, 0.5) is 0 Å². The van der Waals surface area contributed by atoms with Gasteiger partial charge in [-0.3, -0.25) is 14.4 Å². The molecule has 0 radical (unpaired) electrons. The predicted molar refractivity (Wildman–Crippen MR) is 103 cm³/mol. The second-order valence-corrected chi connectivity index (χ2v) is 7.76. The molecule has 0 saturated heterocycles. The Bertz CT molecular complexity index is 949. The van der Waals surface area contributed by atoms with Gasteiger partial charge in [0.25, 0.3) is 5.91 Å². The van der Waals surface area contributed by atoms with Crippen molar-refractivity contribution >= 4 is 22.8 Å². The topological polar surface area (TPSA) is 109 Å². The van der Waals surface area contributed by atoms with Crippen LogP contribution in [0.2, 0.25) is 0 Å². The van der Waals surface area contributed by atoms with E-state index in [1.807, 2.05) is 0 Å². The Labute approximate surface area is 162 Å². The number of fused-ring (bicyclic) bond motifs is 1. The number of carbonyl (C=O) groups is 2. The molecule has 2 aliphatic carbocycles. The third-order valence-electron chi connectivity index (χ3n) is 5.81. The summed E-state index contributed by atoms with van der Waals surface area (Å²) in [5.41, 5.74) is 0.0380. The van der Waals surface area contributed by atoms with Gasteiger partial charge in [-0.15, -0.1) is 0 Å². The molecule has 2 saturated carbocycles. The number of rotatable bonds is 4. The average Bonchev–Trinajstić information content (AvgIpc) is 2.66. The van der Waals surface area contributed by atoms with Gasteiger partial charge in [-0.1, -0.05) is 12.1 Å². The van der Waals surface area contributed by atoms with Crippen molar-refractivity contribution in [3.63, 3.8) is 0 Å². The van der Waals surface area contributed by atoms with Gasteiger partial charge in [0, 0.05) is 18.0 Å². The van der Waals surface area contributed by atoms with E-state index >= 15 is 0 Å². The lowest BCUT2D eigenvalue weighted by Crippen LogP contribution is -2.51. The number of hydrogen-bond acceptors (Lipinski definition) is 5. The van der Waals surface area contributed by atoms with E-state index < -0.39 is 18.1 Å². The highest BCUT2D eigenvalue weighted by Crippen LogP contribution is 2.27. The molecule has 3 N–H and O–H groups in total. The summed E-state index contributed by atoms with van der Waals surface area (Å²) >= 11 is 0. The van der Waals surface area contributed by atoms with Crippen molar-refractivity contribution in [1.82, 2.24) is 10.6 Å². The van der Waals surface area contributed by atoms with Crippen LogP contribution >= 0.6 is 0 Å². The largest absolute Gasteiger partial charge is 0.451 e. The van der Waals surface area contributed by atoms with Crippen molar-refractivity contribution in [3.05, 3.63) is 46.3 Å². The second kappa shape index (κ2) is 7.75. The van der Waals surface area contributed by atoms with E-state index in [0.29, 0.717) is 30.2 Å². The van der Waals surface area contributed by atoms with Crippen molar-refractivity contribution in [2.75, 3.05) is 0 Å². The SMILES string of the molecule is O=C(N[C@@H]1C[C@@H](C(=O)NC2CCC2)CC[C@H]1O)c1cc(=O)c2ccccc2o1. The molecule has 148 valence electrons. The minimum Gasteiger partial charge on any atom is -0.451 e. The zero-order chi connectivity index (χ0) is 19.7. The number of benzene rings is 1. The Morgan fingerprint density at radius 3 is 2.61 bits per heavy atom. The number of carbonyl (C=O) groups excluding carboxylic acids is 2. The van der Waals surface area contributed by atoms with Gasteiger partial charge in [0.05, 0.1) is 17.5 Å². The van der Waals surface area contributed by atoms with Crippen LogP contribution in [0, 0.1) is 5.92 Å². The Hall–Kier alpha value is -2.67. The molecule has 0 bridgehead atoms. The minimum atomic E-state index is -0.733.